The quantitative estimate of drug-likeness (QED) is 0.682. The first-order valence-electron chi connectivity index (χ1n) is 2.74. The number of aromatic nitrogens is 2. The van der Waals surface area contributed by atoms with Crippen LogP contribution in [-0.4, -0.2) is 21.7 Å². The van der Waals surface area contributed by atoms with Crippen molar-refractivity contribution in [3.8, 4) is 0 Å². The number of aliphatic hydroxyl groups is 1. The number of alkyl halides is 3. The van der Waals surface area contributed by atoms with Crippen LogP contribution in [0, 0.1) is 0 Å². The van der Waals surface area contributed by atoms with Crippen LogP contribution < -0.4 is 0 Å². The summed E-state index contributed by atoms with van der Waals surface area (Å²) in [5.74, 6) is -3.88. The maximum atomic E-state index is 12.4. The molecule has 2 N–H and O–H groups in total. The molecule has 1 unspecified atom stereocenters. The zero-order valence-corrected chi connectivity index (χ0v) is 5.26. The fraction of sp³-hybridized carbons (Fsp3) is 0.400. The summed E-state index contributed by atoms with van der Waals surface area (Å²) in [6, 6.07) is 0. The highest BCUT2D eigenvalue weighted by Gasteiger charge is 2.41. The Kier molecular flexibility index (Phi) is 1.86. The molecule has 0 saturated carbocycles. The number of H-pyrrole nitrogens is 1. The van der Waals surface area contributed by atoms with Crippen LogP contribution in [0.4, 0.5) is 13.2 Å². The molecule has 1 heterocycles. The third-order valence-corrected chi connectivity index (χ3v) is 1.18. The Bertz CT molecular complexity index is 222. The van der Waals surface area contributed by atoms with Gasteiger partial charge in [0.1, 0.15) is 0 Å². The number of nitrogens with one attached hydrogen (secondary N) is 1. The number of hydrogen-bond acceptors (Lipinski definition) is 2. The van der Waals surface area contributed by atoms with Crippen LogP contribution in [0.2, 0.25) is 0 Å². The Balaban J connectivity index is 2.90. The molecule has 0 aliphatic rings. The van der Waals surface area contributed by atoms with Gasteiger partial charge in [-0.1, -0.05) is 0 Å². The highest BCUT2D eigenvalue weighted by atomic mass is 19.3. The maximum Gasteiger partial charge on any atom is 0.330 e. The van der Waals surface area contributed by atoms with Crippen LogP contribution in [0.3, 0.4) is 0 Å². The van der Waals surface area contributed by atoms with Gasteiger partial charge in [-0.15, -0.1) is 0 Å². The van der Waals surface area contributed by atoms with Crippen molar-refractivity contribution in [1.29, 1.82) is 0 Å². The van der Waals surface area contributed by atoms with Gasteiger partial charge in [0.25, 0.3) is 6.36 Å². The molecule has 0 spiro atoms. The van der Waals surface area contributed by atoms with E-state index < -0.39 is 17.8 Å². The second-order valence-corrected chi connectivity index (χ2v) is 1.95. The van der Waals surface area contributed by atoms with E-state index in [0.717, 1.165) is 12.4 Å². The van der Waals surface area contributed by atoms with E-state index in [9.17, 15) is 13.2 Å². The molecule has 0 aromatic carbocycles. The minimum Gasteiger partial charge on any atom is -0.359 e. The van der Waals surface area contributed by atoms with Crippen molar-refractivity contribution >= 4 is 0 Å². The van der Waals surface area contributed by atoms with Crippen molar-refractivity contribution < 1.29 is 18.3 Å². The van der Waals surface area contributed by atoms with Crippen LogP contribution >= 0.6 is 0 Å². The van der Waals surface area contributed by atoms with Crippen LogP contribution in [0.15, 0.2) is 12.4 Å². The van der Waals surface area contributed by atoms with E-state index >= 15 is 0 Å². The number of aromatic amines is 1. The van der Waals surface area contributed by atoms with Gasteiger partial charge in [0, 0.05) is 6.20 Å². The summed E-state index contributed by atoms with van der Waals surface area (Å²) in [5, 5.41) is 13.3. The van der Waals surface area contributed by atoms with Crippen LogP contribution in [0.5, 0.6) is 0 Å². The van der Waals surface area contributed by atoms with E-state index in [-0.39, 0.29) is 0 Å². The highest BCUT2D eigenvalue weighted by molar-refractivity contribution is 5.11. The average Bonchev–Trinajstić information content (AvgIpc) is 2.37. The molecule has 1 aromatic rings. The van der Waals surface area contributed by atoms with Crippen LogP contribution in [-0.2, 0) is 5.92 Å². The summed E-state index contributed by atoms with van der Waals surface area (Å²) in [5.41, 5.74) is -0.674. The van der Waals surface area contributed by atoms with Gasteiger partial charge in [-0.25, -0.2) is 4.39 Å². The lowest BCUT2D eigenvalue weighted by Gasteiger charge is -2.13. The Hall–Kier alpha value is -1.04. The van der Waals surface area contributed by atoms with E-state index in [4.69, 9.17) is 5.11 Å². The van der Waals surface area contributed by atoms with Gasteiger partial charge in [-0.05, 0) is 0 Å². The van der Waals surface area contributed by atoms with Crippen molar-refractivity contribution in [1.82, 2.24) is 10.2 Å². The van der Waals surface area contributed by atoms with E-state index in [1.165, 1.54) is 0 Å². The lowest BCUT2D eigenvalue weighted by Crippen LogP contribution is -2.26. The number of halogens is 3. The first-order valence-corrected chi connectivity index (χ1v) is 2.74. The van der Waals surface area contributed by atoms with Crippen LogP contribution in [0.25, 0.3) is 0 Å². The highest BCUT2D eigenvalue weighted by Crippen LogP contribution is 2.31. The van der Waals surface area contributed by atoms with E-state index in [0.29, 0.717) is 0 Å². The fourth-order valence-electron chi connectivity index (χ4n) is 0.571. The average molecular weight is 166 g/mol. The van der Waals surface area contributed by atoms with Gasteiger partial charge in [0.05, 0.1) is 11.8 Å². The summed E-state index contributed by atoms with van der Waals surface area (Å²) in [7, 11) is 0. The molecule has 1 aromatic heterocycles. The molecule has 1 rings (SSSR count). The topological polar surface area (TPSA) is 48.9 Å². The summed E-state index contributed by atoms with van der Waals surface area (Å²) in [6.45, 7) is 0. The van der Waals surface area contributed by atoms with Crippen molar-refractivity contribution in [2.75, 3.05) is 0 Å². The smallest absolute Gasteiger partial charge is 0.330 e. The molecule has 0 aliphatic heterocycles. The van der Waals surface area contributed by atoms with Gasteiger partial charge in [0.2, 0.25) is 0 Å². The zero-order chi connectivity index (χ0) is 8.48. The van der Waals surface area contributed by atoms with Gasteiger partial charge in [-0.3, -0.25) is 5.10 Å². The Morgan fingerprint density at radius 2 is 2.27 bits per heavy atom. The molecule has 0 radical (unpaired) electrons. The molecular weight excluding hydrogens is 161 g/mol. The normalized spacial score (nSPS) is 14.9. The summed E-state index contributed by atoms with van der Waals surface area (Å²) in [4.78, 5) is 0. The van der Waals surface area contributed by atoms with E-state index in [1.54, 1.807) is 0 Å². The number of nitrogens with zero attached hydrogens (tertiary/aromatic N) is 1. The molecule has 1 atom stereocenters. The standard InChI is InChI=1S/C5H5F3N2O/c6-4(11)5(7,8)3-1-9-10-2-3/h1-2,4,11H,(H,9,10). The van der Waals surface area contributed by atoms with Crippen molar-refractivity contribution in [2.45, 2.75) is 12.3 Å². The predicted octanol–water partition coefficient (Wildman–Crippen LogP) is 0.789. The Morgan fingerprint density at radius 3 is 2.64 bits per heavy atom. The molecule has 0 aliphatic carbocycles. The van der Waals surface area contributed by atoms with Gasteiger partial charge in [-0.2, -0.15) is 13.9 Å². The maximum absolute atomic E-state index is 12.4. The SMILES string of the molecule is OC(F)C(F)(F)c1cn[nH]c1. The predicted molar refractivity (Wildman–Crippen MR) is 29.6 cm³/mol. The second kappa shape index (κ2) is 2.54. The lowest BCUT2D eigenvalue weighted by atomic mass is 10.2. The Labute approximate surface area is 59.8 Å². The molecule has 0 bridgehead atoms. The third-order valence-electron chi connectivity index (χ3n) is 1.18. The summed E-state index contributed by atoms with van der Waals surface area (Å²) in [6.07, 6.45) is -1.62. The van der Waals surface area contributed by atoms with Crippen molar-refractivity contribution in [3.05, 3.63) is 18.0 Å². The molecule has 0 fully saturated rings. The monoisotopic (exact) mass is 166 g/mol. The molecule has 0 saturated heterocycles. The molecule has 0 amide bonds. The van der Waals surface area contributed by atoms with Crippen molar-refractivity contribution in [3.63, 3.8) is 0 Å². The van der Waals surface area contributed by atoms with E-state index in [2.05, 4.69) is 10.2 Å². The first-order chi connectivity index (χ1) is 5.05. The van der Waals surface area contributed by atoms with E-state index in [1.807, 2.05) is 0 Å². The van der Waals surface area contributed by atoms with Crippen molar-refractivity contribution in [2.24, 2.45) is 0 Å². The fourth-order valence-corrected chi connectivity index (χ4v) is 0.571. The lowest BCUT2D eigenvalue weighted by molar-refractivity contribution is -0.174. The summed E-state index contributed by atoms with van der Waals surface area (Å²) >= 11 is 0. The third kappa shape index (κ3) is 1.35. The molecule has 6 heteroatoms. The molecule has 3 nitrogen and oxygen atoms in total. The molecular formula is C5H5F3N2O. The summed E-state index contributed by atoms with van der Waals surface area (Å²) < 4.78 is 36.7. The van der Waals surface area contributed by atoms with Gasteiger partial charge < -0.3 is 5.11 Å². The zero-order valence-electron chi connectivity index (χ0n) is 5.26. The molecule has 62 valence electrons. The number of hydrogen-bond donors (Lipinski definition) is 2. The Morgan fingerprint density at radius 1 is 1.64 bits per heavy atom. The number of rotatable bonds is 2. The van der Waals surface area contributed by atoms with Crippen LogP contribution in [0.1, 0.15) is 5.56 Å². The first kappa shape index (κ1) is 8.06. The van der Waals surface area contributed by atoms with Gasteiger partial charge >= 0.3 is 5.92 Å². The number of aliphatic hydroxyl groups excluding tert-OH is 1. The minimum absolute atomic E-state index is 0.674. The van der Waals surface area contributed by atoms with Gasteiger partial charge in [0.15, 0.2) is 0 Å². The molecule has 11 heavy (non-hydrogen) atoms. The second-order valence-electron chi connectivity index (χ2n) is 1.95. The largest absolute Gasteiger partial charge is 0.359 e. The minimum atomic E-state index is -3.88.